The van der Waals surface area contributed by atoms with Crippen molar-refractivity contribution in [3.8, 4) is 0 Å². The lowest BCUT2D eigenvalue weighted by Crippen LogP contribution is -2.30. The molecule has 0 aromatic heterocycles. The largest absolute Gasteiger partial charge is 0.472 e. The van der Waals surface area contributed by atoms with E-state index in [0.717, 1.165) is 102 Å². The normalized spacial score (nSPS) is 14.2. The van der Waals surface area contributed by atoms with Crippen molar-refractivity contribution >= 4 is 39.5 Å². The van der Waals surface area contributed by atoms with Gasteiger partial charge in [-0.25, -0.2) is 9.13 Å². The van der Waals surface area contributed by atoms with Gasteiger partial charge in [0.2, 0.25) is 0 Å². The van der Waals surface area contributed by atoms with Gasteiger partial charge in [0.05, 0.1) is 26.4 Å². The van der Waals surface area contributed by atoms with Crippen molar-refractivity contribution in [1.82, 2.24) is 0 Å². The van der Waals surface area contributed by atoms with Crippen LogP contribution in [0.2, 0.25) is 0 Å². The van der Waals surface area contributed by atoms with Crippen LogP contribution in [0.1, 0.15) is 414 Å². The van der Waals surface area contributed by atoms with Crippen molar-refractivity contribution in [2.75, 3.05) is 39.6 Å². The van der Waals surface area contributed by atoms with Crippen molar-refractivity contribution < 1.29 is 80.2 Å². The molecule has 0 fully saturated rings. The first-order valence-corrected chi connectivity index (χ1v) is 44.0. The molecule has 0 bridgehead atoms. The Morgan fingerprint density at radius 2 is 0.520 bits per heavy atom. The molecule has 582 valence electrons. The summed E-state index contributed by atoms with van der Waals surface area (Å²) in [6, 6.07) is 0. The SMILES string of the molecule is CCCCCCCCCCCCCCCCCCCCCCC(=O)O[C@H](COC(=O)CCCCCCCCCCCCCCC(C)C)COP(=O)(O)OC[C@@H](O)COP(=O)(O)OC[C@@H](COC(=O)CCCCCCCCCCCCC)OC(=O)CCCCCCCCCCC(C)CC. The number of hydrogen-bond donors (Lipinski definition) is 3. The third kappa shape index (κ3) is 71.1. The van der Waals surface area contributed by atoms with E-state index in [4.69, 9.17) is 37.0 Å². The molecule has 0 saturated heterocycles. The van der Waals surface area contributed by atoms with Crippen LogP contribution in [0.4, 0.5) is 0 Å². The van der Waals surface area contributed by atoms with Crippen LogP contribution in [0.15, 0.2) is 0 Å². The van der Waals surface area contributed by atoms with E-state index in [1.54, 1.807) is 0 Å². The summed E-state index contributed by atoms with van der Waals surface area (Å²) in [4.78, 5) is 72.9. The van der Waals surface area contributed by atoms with E-state index in [9.17, 15) is 43.2 Å². The molecular formula is C79H154O17P2. The Labute approximate surface area is 600 Å². The number of aliphatic hydroxyl groups is 1. The number of phosphoric acid groups is 2. The smallest absolute Gasteiger partial charge is 0.462 e. The highest BCUT2D eigenvalue weighted by Gasteiger charge is 2.30. The Bertz CT molecular complexity index is 1890. The maximum Gasteiger partial charge on any atom is 0.472 e. The van der Waals surface area contributed by atoms with E-state index in [0.29, 0.717) is 25.7 Å². The average molecular weight is 1440 g/mol. The summed E-state index contributed by atoms with van der Waals surface area (Å²) in [5, 5.41) is 10.6. The second-order valence-electron chi connectivity index (χ2n) is 29.2. The van der Waals surface area contributed by atoms with Gasteiger partial charge in [-0.15, -0.1) is 0 Å². The number of esters is 4. The maximum absolute atomic E-state index is 13.1. The lowest BCUT2D eigenvalue weighted by molar-refractivity contribution is -0.161. The fraction of sp³-hybridized carbons (Fsp3) is 0.949. The summed E-state index contributed by atoms with van der Waals surface area (Å²) in [5.41, 5.74) is 0. The van der Waals surface area contributed by atoms with Gasteiger partial charge in [0.1, 0.15) is 19.3 Å². The number of rotatable bonds is 78. The maximum atomic E-state index is 13.1. The zero-order valence-corrected chi connectivity index (χ0v) is 65.9. The Balaban J connectivity index is 5.23. The summed E-state index contributed by atoms with van der Waals surface area (Å²) in [5.74, 6) is -0.561. The summed E-state index contributed by atoms with van der Waals surface area (Å²) in [7, 11) is -9.92. The van der Waals surface area contributed by atoms with E-state index in [1.165, 1.54) is 231 Å². The molecular weight excluding hydrogens is 1280 g/mol. The van der Waals surface area contributed by atoms with E-state index in [2.05, 4.69) is 41.5 Å². The molecule has 3 unspecified atom stereocenters. The monoisotopic (exact) mass is 1440 g/mol. The molecule has 0 heterocycles. The van der Waals surface area contributed by atoms with Gasteiger partial charge >= 0.3 is 39.5 Å². The fourth-order valence-corrected chi connectivity index (χ4v) is 13.7. The third-order valence-corrected chi connectivity index (χ3v) is 20.7. The number of phosphoric ester groups is 2. The minimum atomic E-state index is -4.96. The molecule has 0 aromatic rings. The van der Waals surface area contributed by atoms with E-state index in [1.807, 2.05) is 0 Å². The second-order valence-corrected chi connectivity index (χ2v) is 32.1. The Kier molecular flexibility index (Phi) is 69.3. The van der Waals surface area contributed by atoms with E-state index >= 15 is 0 Å². The number of aliphatic hydroxyl groups excluding tert-OH is 1. The van der Waals surface area contributed by atoms with Crippen molar-refractivity contribution in [2.24, 2.45) is 11.8 Å². The van der Waals surface area contributed by atoms with Crippen molar-refractivity contribution in [3.05, 3.63) is 0 Å². The summed E-state index contributed by atoms with van der Waals surface area (Å²) < 4.78 is 68.6. The van der Waals surface area contributed by atoms with Gasteiger partial charge < -0.3 is 33.8 Å². The molecule has 0 aliphatic rings. The van der Waals surface area contributed by atoms with Crippen LogP contribution in [-0.4, -0.2) is 96.7 Å². The van der Waals surface area contributed by atoms with Crippen LogP contribution in [0.25, 0.3) is 0 Å². The van der Waals surface area contributed by atoms with Gasteiger partial charge in [-0.1, -0.05) is 363 Å². The van der Waals surface area contributed by atoms with E-state index in [-0.39, 0.29) is 25.7 Å². The number of carbonyl (C=O) groups is 4. The molecule has 0 aliphatic carbocycles. The Hall–Kier alpha value is -1.94. The van der Waals surface area contributed by atoms with Crippen LogP contribution >= 0.6 is 15.6 Å². The average Bonchev–Trinajstić information content (AvgIpc) is 1.10. The van der Waals surface area contributed by atoms with Crippen LogP contribution in [0.3, 0.4) is 0 Å². The molecule has 19 heteroatoms. The lowest BCUT2D eigenvalue weighted by Gasteiger charge is -2.21. The van der Waals surface area contributed by atoms with Gasteiger partial charge in [-0.3, -0.25) is 37.3 Å². The van der Waals surface area contributed by atoms with Crippen LogP contribution in [0, 0.1) is 11.8 Å². The molecule has 0 rings (SSSR count). The molecule has 98 heavy (non-hydrogen) atoms. The van der Waals surface area contributed by atoms with Crippen molar-refractivity contribution in [1.29, 1.82) is 0 Å². The predicted molar refractivity (Wildman–Crippen MR) is 400 cm³/mol. The highest BCUT2D eigenvalue weighted by Crippen LogP contribution is 2.45. The first-order chi connectivity index (χ1) is 47.4. The molecule has 0 radical (unpaired) electrons. The fourth-order valence-electron chi connectivity index (χ4n) is 12.2. The Morgan fingerprint density at radius 3 is 0.776 bits per heavy atom. The molecule has 17 nitrogen and oxygen atoms in total. The Morgan fingerprint density at radius 1 is 0.296 bits per heavy atom. The van der Waals surface area contributed by atoms with Crippen LogP contribution < -0.4 is 0 Å². The number of unbranched alkanes of at least 4 members (excludes halogenated alkanes) is 47. The van der Waals surface area contributed by atoms with Gasteiger partial charge in [-0.2, -0.15) is 0 Å². The molecule has 0 spiro atoms. The standard InChI is InChI=1S/C79H154O17P2/c1-7-10-12-14-16-18-20-21-22-23-24-25-26-27-28-34-38-45-51-57-63-78(83)95-74(67-90-77(82)62-56-50-44-37-33-30-29-32-35-41-47-53-59-71(4)5)69-93-97(85,86)91-65-73(80)66-92-98(87,88)94-70-75(68-89-76(81)61-55-49-43-36-31-19-17-15-13-11-8-2)96-79(84)64-58-52-46-40-39-42-48-54-60-72(6)9-3/h71-75,80H,7-70H2,1-6H3,(H,85,86)(H,87,88)/t72?,73-,74-,75-/m1/s1. The zero-order valence-electron chi connectivity index (χ0n) is 64.1. The highest BCUT2D eigenvalue weighted by molar-refractivity contribution is 7.47. The minimum Gasteiger partial charge on any atom is -0.462 e. The summed E-state index contributed by atoms with van der Waals surface area (Å²) in [6.07, 6.45) is 59.6. The number of hydrogen-bond acceptors (Lipinski definition) is 15. The number of carbonyl (C=O) groups excluding carboxylic acids is 4. The molecule has 0 saturated carbocycles. The van der Waals surface area contributed by atoms with Crippen LogP contribution in [0.5, 0.6) is 0 Å². The van der Waals surface area contributed by atoms with E-state index < -0.39 is 97.5 Å². The molecule has 6 atom stereocenters. The van der Waals surface area contributed by atoms with Gasteiger partial charge in [0.15, 0.2) is 12.2 Å². The predicted octanol–water partition coefficient (Wildman–Crippen LogP) is 23.5. The molecule has 0 aliphatic heterocycles. The number of ether oxygens (including phenoxy) is 4. The lowest BCUT2D eigenvalue weighted by atomic mass is 9.99. The van der Waals surface area contributed by atoms with Gasteiger partial charge in [-0.05, 0) is 37.5 Å². The molecule has 3 N–H and O–H groups in total. The highest BCUT2D eigenvalue weighted by atomic mass is 31.2. The topological polar surface area (TPSA) is 237 Å². The van der Waals surface area contributed by atoms with Gasteiger partial charge in [0.25, 0.3) is 0 Å². The third-order valence-electron chi connectivity index (χ3n) is 18.8. The van der Waals surface area contributed by atoms with Gasteiger partial charge in [0, 0.05) is 25.7 Å². The van der Waals surface area contributed by atoms with Crippen molar-refractivity contribution in [3.63, 3.8) is 0 Å². The molecule has 0 aromatic carbocycles. The zero-order chi connectivity index (χ0) is 72.1. The second kappa shape index (κ2) is 70.7. The van der Waals surface area contributed by atoms with Crippen molar-refractivity contribution in [2.45, 2.75) is 432 Å². The quantitative estimate of drug-likeness (QED) is 0.0222. The van der Waals surface area contributed by atoms with Crippen LogP contribution in [-0.2, 0) is 65.4 Å². The first kappa shape index (κ1) is 96.1. The first-order valence-electron chi connectivity index (χ1n) is 41.0. The summed E-state index contributed by atoms with van der Waals surface area (Å²) >= 11 is 0. The summed E-state index contributed by atoms with van der Waals surface area (Å²) in [6.45, 7) is 9.62. The minimum absolute atomic E-state index is 0.105. The molecule has 0 amide bonds.